The predicted octanol–water partition coefficient (Wildman–Crippen LogP) is -11.0. The maximum Gasteiger partial charge on any atom is 0.335 e. The molecule has 5 aliphatic rings. The number of carboxylic acids is 1. The number of rotatable bonds is 13. The van der Waals surface area contributed by atoms with E-state index in [4.69, 9.17) is 42.6 Å². The fraction of sp³-hybridized carbons (Fsp3) is 0.935. The lowest BCUT2D eigenvalue weighted by Crippen LogP contribution is -2.69. The molecule has 0 saturated carbocycles. The molecule has 5 heterocycles. The first-order valence-electron chi connectivity index (χ1n) is 18.0. The molecule has 0 unspecified atom stereocenters. The van der Waals surface area contributed by atoms with Crippen LogP contribution in [0.5, 0.6) is 0 Å². The van der Waals surface area contributed by atoms with Crippen LogP contribution in [0.25, 0.3) is 0 Å². The lowest BCUT2D eigenvalue weighted by molar-refractivity contribution is -0.388. The maximum atomic E-state index is 12.4. The van der Waals surface area contributed by atoms with Gasteiger partial charge in [-0.1, -0.05) is 0 Å². The van der Waals surface area contributed by atoms with Gasteiger partial charge in [-0.25, -0.2) is 4.79 Å². The summed E-state index contributed by atoms with van der Waals surface area (Å²) < 4.78 is 48.9. The molecule has 58 heavy (non-hydrogen) atoms. The molecule has 5 rings (SSSR count). The number of ether oxygens (including phenoxy) is 9. The van der Waals surface area contributed by atoms with Gasteiger partial charge < -0.3 is 125 Å². The van der Waals surface area contributed by atoms with Crippen molar-refractivity contribution >= 4 is 11.9 Å². The van der Waals surface area contributed by atoms with E-state index in [0.29, 0.717) is 0 Å². The molecule has 5 fully saturated rings. The Morgan fingerprint density at radius 3 is 1.50 bits per heavy atom. The average molecular weight is 854 g/mol. The highest BCUT2D eigenvalue weighted by Gasteiger charge is 2.57. The second kappa shape index (κ2) is 19.8. The number of amides is 1. The van der Waals surface area contributed by atoms with Crippen LogP contribution in [-0.2, 0) is 52.2 Å². The fourth-order valence-electron chi connectivity index (χ4n) is 7.08. The Balaban J connectivity index is 1.32. The first-order valence-corrected chi connectivity index (χ1v) is 18.0. The number of nitrogens with one attached hydrogen (secondary N) is 1. The van der Waals surface area contributed by atoms with E-state index in [-0.39, 0.29) is 0 Å². The van der Waals surface area contributed by atoms with Gasteiger partial charge in [0.1, 0.15) is 110 Å². The number of carboxylic acid groups (broad SMARTS) is 1. The van der Waals surface area contributed by atoms with Crippen molar-refractivity contribution in [2.75, 3.05) is 26.4 Å². The van der Waals surface area contributed by atoms with Gasteiger partial charge in [0.05, 0.1) is 26.4 Å². The van der Waals surface area contributed by atoms with Crippen LogP contribution in [0.4, 0.5) is 0 Å². The molecular weight excluding hydrogens is 802 g/mol. The molecule has 0 aromatic rings. The van der Waals surface area contributed by atoms with Gasteiger partial charge in [-0.2, -0.15) is 0 Å². The molecule has 0 radical (unpaired) electrons. The van der Waals surface area contributed by atoms with Gasteiger partial charge in [0.15, 0.2) is 37.6 Å². The van der Waals surface area contributed by atoms with Gasteiger partial charge >= 0.3 is 5.97 Å². The number of hydrogen-bond donors (Lipinski definition) is 16. The van der Waals surface area contributed by atoms with Crippen molar-refractivity contribution < 1.29 is 129 Å². The third-order valence-electron chi connectivity index (χ3n) is 10.3. The minimum Gasteiger partial charge on any atom is -0.479 e. The molecule has 0 bridgehead atoms. The summed E-state index contributed by atoms with van der Waals surface area (Å²) in [6.07, 6.45) is -44.4. The van der Waals surface area contributed by atoms with Crippen molar-refractivity contribution in [3.05, 3.63) is 0 Å². The summed E-state index contributed by atoms with van der Waals surface area (Å²) in [4.78, 5) is 24.3. The van der Waals surface area contributed by atoms with Gasteiger partial charge in [-0.3, -0.25) is 4.79 Å². The standard InChI is InChI=1S/C31H51NO26/c1-6(36)32-11-16(41)12(37)7(2-33)51-28(11)57-24-17(42)19(44)29(58-25(24)26(47)48)55-23-15(40)9(4-35)53-31(21(23)46)56-22-14(39)8(3-34)52-30(20(22)45)54-10-5-50-27(49)18(43)13(10)38/h7-25,27-31,33-35,37-46,49H,2-5H2,1H3,(H,32,36)(H,47,48)/t7-,8-,9-,10-,11-,12+,13+,14+,15+,16-,17-,18-,19-,20-,21-,22+,23+,24+,25+,27-,28+,29-,30+,31+/m1/s1. The number of aliphatic hydroxyl groups is 14. The Bertz CT molecular complexity index is 1350. The number of aliphatic carboxylic acids is 1. The quantitative estimate of drug-likeness (QED) is 0.0818. The minimum atomic E-state index is -2.29. The first kappa shape index (κ1) is 47.1. The monoisotopic (exact) mass is 853 g/mol. The topological polar surface area (TPSA) is 433 Å². The average Bonchev–Trinajstić information content (AvgIpc) is 3.18. The normalized spacial score (nSPS) is 50.3. The molecule has 27 heteroatoms. The van der Waals surface area contributed by atoms with Crippen molar-refractivity contribution in [3.63, 3.8) is 0 Å². The van der Waals surface area contributed by atoms with Gasteiger partial charge in [-0.15, -0.1) is 0 Å². The summed E-state index contributed by atoms with van der Waals surface area (Å²) >= 11 is 0. The summed E-state index contributed by atoms with van der Waals surface area (Å²) in [6, 6.07) is -1.61. The Hall–Kier alpha value is -1.98. The van der Waals surface area contributed by atoms with Crippen molar-refractivity contribution in [1.82, 2.24) is 5.32 Å². The molecule has 336 valence electrons. The lowest BCUT2D eigenvalue weighted by Gasteiger charge is -2.49. The highest BCUT2D eigenvalue weighted by atomic mass is 16.8. The van der Waals surface area contributed by atoms with Crippen molar-refractivity contribution in [1.29, 1.82) is 0 Å². The van der Waals surface area contributed by atoms with Crippen LogP contribution in [0.15, 0.2) is 0 Å². The molecule has 5 aliphatic heterocycles. The molecule has 16 N–H and O–H groups in total. The van der Waals surface area contributed by atoms with Crippen molar-refractivity contribution in [3.8, 4) is 0 Å². The van der Waals surface area contributed by atoms with E-state index in [1.165, 1.54) is 0 Å². The molecule has 24 atom stereocenters. The third-order valence-corrected chi connectivity index (χ3v) is 10.3. The maximum absolute atomic E-state index is 12.4. The molecular formula is C31H51NO26. The van der Waals surface area contributed by atoms with E-state index in [1.54, 1.807) is 0 Å². The summed E-state index contributed by atoms with van der Waals surface area (Å²) in [5.41, 5.74) is 0. The van der Waals surface area contributed by atoms with E-state index in [1.807, 2.05) is 0 Å². The van der Waals surface area contributed by atoms with E-state index < -0.39 is 186 Å². The SMILES string of the molecule is CC(=O)N[C@H]1[C@H](O[C@H]2[C@H](O)[C@@H](O)[C@H](O[C@H]3[C@@H](O)[C@@H](CO)O[C@@H](O[C@H]4[C@@H](O)[C@@H](CO)O[C@@H](O[C@@H]5CO[C@@H](O)[C@H](O)[C@H]5O)[C@@H]4O)[C@@H]3O)O[C@@H]2C(=O)O)O[C@H](CO)[C@H](O)[C@@H]1O. The van der Waals surface area contributed by atoms with Gasteiger partial charge in [0.25, 0.3) is 0 Å². The first-order chi connectivity index (χ1) is 27.3. The number of carbonyl (C=O) groups excluding carboxylic acids is 1. The fourth-order valence-corrected chi connectivity index (χ4v) is 7.08. The number of aliphatic hydroxyl groups excluding tert-OH is 14. The zero-order valence-corrected chi connectivity index (χ0v) is 30.4. The molecule has 0 aromatic carbocycles. The second-order valence-electron chi connectivity index (χ2n) is 14.3. The summed E-state index contributed by atoms with van der Waals surface area (Å²) in [7, 11) is 0. The molecule has 0 spiro atoms. The smallest absolute Gasteiger partial charge is 0.335 e. The van der Waals surface area contributed by atoms with Crippen LogP contribution >= 0.6 is 0 Å². The molecule has 5 saturated heterocycles. The summed E-state index contributed by atoms with van der Waals surface area (Å²) in [5, 5.41) is 159. The number of hydrogen-bond acceptors (Lipinski definition) is 25. The van der Waals surface area contributed by atoms with Gasteiger partial charge in [0, 0.05) is 6.92 Å². The van der Waals surface area contributed by atoms with Crippen LogP contribution < -0.4 is 5.32 Å². The minimum absolute atomic E-state index is 0.522. The van der Waals surface area contributed by atoms with Crippen LogP contribution in [0.1, 0.15) is 6.92 Å². The predicted molar refractivity (Wildman–Crippen MR) is 173 cm³/mol. The van der Waals surface area contributed by atoms with E-state index >= 15 is 0 Å². The second-order valence-corrected chi connectivity index (χ2v) is 14.3. The highest BCUT2D eigenvalue weighted by Crippen LogP contribution is 2.35. The van der Waals surface area contributed by atoms with E-state index in [2.05, 4.69) is 5.32 Å². The largest absolute Gasteiger partial charge is 0.479 e. The highest BCUT2D eigenvalue weighted by molar-refractivity contribution is 5.74. The number of carbonyl (C=O) groups is 2. The molecule has 0 aromatic heterocycles. The molecule has 1 amide bonds. The van der Waals surface area contributed by atoms with Gasteiger partial charge in [0.2, 0.25) is 5.91 Å². The Morgan fingerprint density at radius 1 is 0.534 bits per heavy atom. The van der Waals surface area contributed by atoms with E-state index in [0.717, 1.165) is 6.92 Å². The van der Waals surface area contributed by atoms with Crippen LogP contribution in [0.2, 0.25) is 0 Å². The zero-order chi connectivity index (χ0) is 42.9. The van der Waals surface area contributed by atoms with Crippen LogP contribution in [-0.4, -0.2) is 262 Å². The Labute approximate surface area is 326 Å². The van der Waals surface area contributed by atoms with Crippen molar-refractivity contribution in [2.45, 2.75) is 154 Å². The zero-order valence-electron chi connectivity index (χ0n) is 30.4. The van der Waals surface area contributed by atoms with Crippen molar-refractivity contribution in [2.24, 2.45) is 0 Å². The van der Waals surface area contributed by atoms with Crippen LogP contribution in [0.3, 0.4) is 0 Å². The summed E-state index contributed by atoms with van der Waals surface area (Å²) in [6.45, 7) is -2.31. The Kier molecular flexibility index (Phi) is 16.1. The lowest BCUT2D eigenvalue weighted by atomic mass is 9.94. The van der Waals surface area contributed by atoms with E-state index in [9.17, 15) is 86.2 Å². The summed E-state index contributed by atoms with van der Waals surface area (Å²) in [5.74, 6) is -2.62. The Morgan fingerprint density at radius 2 is 1.00 bits per heavy atom. The molecule has 27 nitrogen and oxygen atoms in total. The third kappa shape index (κ3) is 9.72. The van der Waals surface area contributed by atoms with Gasteiger partial charge in [-0.05, 0) is 0 Å². The molecule has 0 aliphatic carbocycles. The van der Waals surface area contributed by atoms with Crippen LogP contribution in [0, 0.1) is 0 Å².